The quantitative estimate of drug-likeness (QED) is 0.736. The summed E-state index contributed by atoms with van der Waals surface area (Å²) in [5, 5.41) is 3.52. The van der Waals surface area contributed by atoms with Crippen LogP contribution in [-0.4, -0.2) is 64.8 Å². The Hall–Kier alpha value is -2.77. The molecule has 3 aliphatic heterocycles. The molecule has 0 bridgehead atoms. The van der Waals surface area contributed by atoms with E-state index in [0.717, 1.165) is 62.2 Å². The van der Waals surface area contributed by atoms with Gasteiger partial charge in [0.1, 0.15) is 17.6 Å². The Bertz CT molecular complexity index is 1100. The fraction of sp³-hybridized carbons (Fsp3) is 0.519. The predicted molar refractivity (Wildman–Crippen MR) is 127 cm³/mol. The molecule has 2 saturated heterocycles. The van der Waals surface area contributed by atoms with Gasteiger partial charge in [0.15, 0.2) is 0 Å². The molecule has 2 amide bonds. The smallest absolute Gasteiger partial charge is 0.256 e. The largest absolute Gasteiger partial charge is 0.350 e. The van der Waals surface area contributed by atoms with E-state index in [4.69, 9.17) is 9.73 Å². The molecule has 1 aromatic carbocycles. The van der Waals surface area contributed by atoms with E-state index >= 15 is 0 Å². The maximum Gasteiger partial charge on any atom is 0.256 e. The minimum Gasteiger partial charge on any atom is -0.350 e. The van der Waals surface area contributed by atoms with Crippen molar-refractivity contribution in [2.75, 3.05) is 19.6 Å². The monoisotopic (exact) mass is 458 g/mol. The van der Waals surface area contributed by atoms with E-state index in [9.17, 15) is 9.59 Å². The lowest BCUT2D eigenvalue weighted by Crippen LogP contribution is -2.40. The molecule has 1 spiro atoms. The van der Waals surface area contributed by atoms with Gasteiger partial charge in [-0.15, -0.1) is 0 Å². The Balaban J connectivity index is 1.07. The van der Waals surface area contributed by atoms with Crippen molar-refractivity contribution in [1.29, 1.82) is 0 Å². The highest BCUT2D eigenvalue weighted by Crippen LogP contribution is 2.46. The molecule has 4 atom stereocenters. The normalized spacial score (nSPS) is 33.1. The molecular formula is C27H30N4O3. The number of amidine groups is 1. The van der Waals surface area contributed by atoms with Crippen molar-refractivity contribution < 1.29 is 14.3 Å². The van der Waals surface area contributed by atoms with Gasteiger partial charge in [-0.1, -0.05) is 48.6 Å². The van der Waals surface area contributed by atoms with Crippen molar-refractivity contribution >= 4 is 17.6 Å². The number of amides is 2. The van der Waals surface area contributed by atoms with Crippen molar-refractivity contribution in [2.24, 2.45) is 16.8 Å². The van der Waals surface area contributed by atoms with Crippen LogP contribution in [0.4, 0.5) is 0 Å². The molecule has 1 aromatic rings. The number of nitrogens with zero attached hydrogens (tertiary/aromatic N) is 3. The molecule has 3 aliphatic carbocycles. The lowest BCUT2D eigenvalue weighted by Gasteiger charge is -2.24. The molecule has 3 unspecified atom stereocenters. The van der Waals surface area contributed by atoms with Crippen LogP contribution in [0.5, 0.6) is 0 Å². The first-order valence-electron chi connectivity index (χ1n) is 12.7. The Morgan fingerprint density at radius 1 is 1.12 bits per heavy atom. The van der Waals surface area contributed by atoms with Crippen LogP contribution in [0.2, 0.25) is 0 Å². The maximum atomic E-state index is 13.3. The Labute approximate surface area is 199 Å². The summed E-state index contributed by atoms with van der Waals surface area (Å²) in [5.41, 5.74) is 1.52. The van der Waals surface area contributed by atoms with Crippen LogP contribution in [-0.2, 0) is 14.3 Å². The van der Waals surface area contributed by atoms with Crippen molar-refractivity contribution in [3.8, 4) is 0 Å². The van der Waals surface area contributed by atoms with Crippen molar-refractivity contribution in [3.63, 3.8) is 0 Å². The van der Waals surface area contributed by atoms with E-state index in [1.165, 1.54) is 0 Å². The first kappa shape index (κ1) is 20.6. The maximum absolute atomic E-state index is 13.3. The summed E-state index contributed by atoms with van der Waals surface area (Å²) >= 11 is 0. The molecule has 0 radical (unpaired) electrons. The second-order valence-electron chi connectivity index (χ2n) is 10.7. The van der Waals surface area contributed by atoms with Gasteiger partial charge in [0.2, 0.25) is 5.91 Å². The number of aliphatic imine (C=N–C) groups is 1. The molecule has 4 fully saturated rings. The fourth-order valence-corrected chi connectivity index (χ4v) is 5.74. The van der Waals surface area contributed by atoms with Gasteiger partial charge in [-0.3, -0.25) is 24.8 Å². The highest BCUT2D eigenvalue weighted by atomic mass is 16.5. The lowest BCUT2D eigenvalue weighted by atomic mass is 10.1. The summed E-state index contributed by atoms with van der Waals surface area (Å²) in [4.78, 5) is 34.6. The Kier molecular flexibility index (Phi) is 4.61. The number of hydrogen-bond donors (Lipinski definition) is 1. The number of allylic oxidation sites excluding steroid dienone is 2. The average Bonchev–Trinajstić information content (AvgIpc) is 3.75. The summed E-state index contributed by atoms with van der Waals surface area (Å²) < 4.78 is 6.16. The van der Waals surface area contributed by atoms with Gasteiger partial charge in [-0.25, -0.2) is 0 Å². The van der Waals surface area contributed by atoms with Crippen LogP contribution < -0.4 is 5.32 Å². The molecule has 7 rings (SSSR count). The van der Waals surface area contributed by atoms with Crippen molar-refractivity contribution in [1.82, 2.24) is 15.1 Å². The number of nitrogens with one attached hydrogen (secondary N) is 1. The number of fused-ring (bicyclic) bond motifs is 1. The average molecular weight is 459 g/mol. The Morgan fingerprint density at radius 2 is 1.91 bits per heavy atom. The highest BCUT2D eigenvalue weighted by molar-refractivity contribution is 6.16. The number of carbonyl (C=O) groups excluding carboxylic acids is 2. The van der Waals surface area contributed by atoms with Gasteiger partial charge in [-0.05, 0) is 43.6 Å². The third-order valence-electron chi connectivity index (χ3n) is 8.10. The van der Waals surface area contributed by atoms with Crippen LogP contribution in [0.25, 0.3) is 0 Å². The van der Waals surface area contributed by atoms with Crippen molar-refractivity contribution in [2.45, 2.75) is 56.0 Å². The number of rotatable bonds is 5. The number of likely N-dealkylation sites (tertiary alicyclic amines) is 1. The van der Waals surface area contributed by atoms with Gasteiger partial charge in [0, 0.05) is 31.1 Å². The summed E-state index contributed by atoms with van der Waals surface area (Å²) in [7, 11) is 0. The van der Waals surface area contributed by atoms with E-state index in [0.29, 0.717) is 18.4 Å². The van der Waals surface area contributed by atoms with Gasteiger partial charge >= 0.3 is 0 Å². The zero-order valence-corrected chi connectivity index (χ0v) is 19.2. The lowest BCUT2D eigenvalue weighted by molar-refractivity contribution is -0.131. The SMILES string of the molecule is O=C(C1CC1)N1CC[C@@H](CN2C(=O)C3(CC3)N=C2c2ccc(C3NC4C=CC=CC4O3)cc2)C1. The van der Waals surface area contributed by atoms with Gasteiger partial charge < -0.3 is 9.64 Å². The molecule has 3 heterocycles. The molecule has 7 nitrogen and oxygen atoms in total. The minimum atomic E-state index is -0.527. The second kappa shape index (κ2) is 7.62. The van der Waals surface area contributed by atoms with E-state index in [1.807, 2.05) is 22.0 Å². The summed E-state index contributed by atoms with van der Waals surface area (Å²) in [6, 6.07) is 8.48. The van der Waals surface area contributed by atoms with Crippen molar-refractivity contribution in [3.05, 3.63) is 59.7 Å². The second-order valence-corrected chi connectivity index (χ2v) is 10.7. The third-order valence-corrected chi connectivity index (χ3v) is 8.10. The summed E-state index contributed by atoms with van der Waals surface area (Å²) in [5.74, 6) is 1.81. The molecule has 7 heteroatoms. The molecule has 2 saturated carbocycles. The molecule has 1 N–H and O–H groups in total. The standard InChI is InChI=1S/C27H30N4O3/c32-25(20-9-10-20)30-14-11-17(15-30)16-31-23(29-27(12-13-27)26(31)33)18-5-7-19(8-6-18)24-28-21-3-1-2-4-22(21)34-24/h1-8,17,20-22,24,28H,9-16H2/t17-,21?,22?,24?/m1/s1. The van der Waals surface area contributed by atoms with Gasteiger partial charge in [-0.2, -0.15) is 0 Å². The van der Waals surface area contributed by atoms with E-state index < -0.39 is 5.54 Å². The molecule has 0 aromatic heterocycles. The molecule has 34 heavy (non-hydrogen) atoms. The van der Waals surface area contributed by atoms with E-state index in [2.05, 4.69) is 41.7 Å². The Morgan fingerprint density at radius 3 is 2.65 bits per heavy atom. The zero-order valence-electron chi connectivity index (χ0n) is 19.2. The number of ether oxygens (including phenoxy) is 1. The van der Waals surface area contributed by atoms with Gasteiger partial charge in [0.25, 0.3) is 5.91 Å². The van der Waals surface area contributed by atoms with E-state index in [1.54, 1.807) is 0 Å². The topological polar surface area (TPSA) is 74.2 Å². The minimum absolute atomic E-state index is 0.0643. The summed E-state index contributed by atoms with van der Waals surface area (Å²) in [6.45, 7) is 2.22. The number of benzene rings is 1. The molecule has 6 aliphatic rings. The van der Waals surface area contributed by atoms with E-state index in [-0.39, 0.29) is 30.2 Å². The van der Waals surface area contributed by atoms with Crippen LogP contribution in [0, 0.1) is 11.8 Å². The third kappa shape index (κ3) is 3.45. The number of hydrogen-bond acceptors (Lipinski definition) is 5. The van der Waals surface area contributed by atoms with Crippen LogP contribution in [0.3, 0.4) is 0 Å². The van der Waals surface area contributed by atoms with Gasteiger partial charge in [0.05, 0.1) is 12.1 Å². The fourth-order valence-electron chi connectivity index (χ4n) is 5.74. The number of carbonyl (C=O) groups is 2. The van der Waals surface area contributed by atoms with Crippen LogP contribution in [0.1, 0.15) is 49.5 Å². The first-order chi connectivity index (χ1) is 16.6. The first-order valence-corrected chi connectivity index (χ1v) is 12.7. The molecular weight excluding hydrogens is 428 g/mol. The van der Waals surface area contributed by atoms with Crippen LogP contribution in [0.15, 0.2) is 53.6 Å². The summed E-state index contributed by atoms with van der Waals surface area (Å²) in [6.07, 6.45) is 12.9. The highest BCUT2D eigenvalue weighted by Gasteiger charge is 2.57. The zero-order chi connectivity index (χ0) is 22.9. The predicted octanol–water partition coefficient (Wildman–Crippen LogP) is 2.55. The molecule has 176 valence electrons. The van der Waals surface area contributed by atoms with Crippen LogP contribution >= 0.6 is 0 Å².